The van der Waals surface area contributed by atoms with Gasteiger partial charge in [-0.15, -0.1) is 0 Å². The molecular formula is C18H22F2N4O. The van der Waals surface area contributed by atoms with E-state index >= 15 is 0 Å². The number of nitrogens with zero attached hydrogens (tertiary/aromatic N) is 3. The molecule has 7 heteroatoms. The summed E-state index contributed by atoms with van der Waals surface area (Å²) in [6.07, 6.45) is 3.72. The molecular weight excluding hydrogens is 326 g/mol. The van der Waals surface area contributed by atoms with Gasteiger partial charge in [0.2, 0.25) is 5.91 Å². The summed E-state index contributed by atoms with van der Waals surface area (Å²) in [7, 11) is 0. The highest BCUT2D eigenvalue weighted by Crippen LogP contribution is 2.11. The first-order valence-electron chi connectivity index (χ1n) is 8.54. The number of amides is 1. The number of aryl methyl sites for hydroxylation is 1. The fourth-order valence-corrected chi connectivity index (χ4v) is 2.98. The lowest BCUT2D eigenvalue weighted by Crippen LogP contribution is -2.39. The standard InChI is InChI=1S/C18H22F2N4O/c1-2-14-12-24-8-7-23(6-5-17(24)22-14)18(25)11-21-10-13-3-4-15(19)16(20)9-13/h3-4,9,12,21H,2,5-8,10-11H2,1H3. The largest absolute Gasteiger partial charge is 0.339 e. The molecule has 1 aromatic carbocycles. The van der Waals surface area contributed by atoms with E-state index in [2.05, 4.69) is 28.0 Å². The van der Waals surface area contributed by atoms with Crippen LogP contribution in [0.5, 0.6) is 0 Å². The third-order valence-electron chi connectivity index (χ3n) is 4.43. The lowest BCUT2D eigenvalue weighted by atomic mass is 10.2. The van der Waals surface area contributed by atoms with Crippen LogP contribution in [-0.4, -0.2) is 40.0 Å². The van der Waals surface area contributed by atoms with Crippen molar-refractivity contribution in [1.29, 1.82) is 0 Å². The SMILES string of the molecule is CCc1cn2c(n1)CCN(C(=O)CNCc1ccc(F)c(F)c1)CC2. The molecule has 134 valence electrons. The van der Waals surface area contributed by atoms with E-state index in [1.807, 2.05) is 4.90 Å². The van der Waals surface area contributed by atoms with Crippen LogP contribution in [-0.2, 0) is 30.7 Å². The van der Waals surface area contributed by atoms with E-state index in [4.69, 9.17) is 0 Å². The molecule has 3 rings (SSSR count). The number of aromatic nitrogens is 2. The number of hydrogen-bond acceptors (Lipinski definition) is 3. The first-order chi connectivity index (χ1) is 12.1. The second kappa shape index (κ2) is 7.74. The number of hydrogen-bond donors (Lipinski definition) is 1. The van der Waals surface area contributed by atoms with Crippen molar-refractivity contribution in [3.63, 3.8) is 0 Å². The van der Waals surface area contributed by atoms with Crippen LogP contribution in [0.4, 0.5) is 8.78 Å². The van der Waals surface area contributed by atoms with Crippen molar-refractivity contribution in [3.8, 4) is 0 Å². The summed E-state index contributed by atoms with van der Waals surface area (Å²) in [5.41, 5.74) is 1.69. The van der Waals surface area contributed by atoms with Crippen molar-refractivity contribution >= 4 is 5.91 Å². The average molecular weight is 348 g/mol. The van der Waals surface area contributed by atoms with Crippen molar-refractivity contribution in [1.82, 2.24) is 19.8 Å². The van der Waals surface area contributed by atoms with Gasteiger partial charge in [-0.2, -0.15) is 0 Å². The minimum absolute atomic E-state index is 0.00375. The number of carbonyl (C=O) groups is 1. The Morgan fingerprint density at radius 3 is 2.84 bits per heavy atom. The predicted molar refractivity (Wildman–Crippen MR) is 90.0 cm³/mol. The molecule has 1 aliphatic heterocycles. The summed E-state index contributed by atoms with van der Waals surface area (Å²) in [6.45, 7) is 4.61. The molecule has 0 fully saturated rings. The first kappa shape index (κ1) is 17.5. The molecule has 0 spiro atoms. The van der Waals surface area contributed by atoms with Crippen LogP contribution in [0, 0.1) is 11.6 Å². The van der Waals surface area contributed by atoms with Crippen LogP contribution in [0.15, 0.2) is 24.4 Å². The Morgan fingerprint density at radius 2 is 2.08 bits per heavy atom. The second-order valence-corrected chi connectivity index (χ2v) is 6.18. The molecule has 0 saturated heterocycles. The number of fused-ring (bicyclic) bond motifs is 1. The number of rotatable bonds is 5. The molecule has 1 aliphatic rings. The van der Waals surface area contributed by atoms with Crippen LogP contribution in [0.25, 0.3) is 0 Å². The number of imidazole rings is 1. The quantitative estimate of drug-likeness (QED) is 0.898. The van der Waals surface area contributed by atoms with Gasteiger partial charge in [0.05, 0.1) is 12.2 Å². The molecule has 0 atom stereocenters. The van der Waals surface area contributed by atoms with Crippen LogP contribution >= 0.6 is 0 Å². The molecule has 2 heterocycles. The van der Waals surface area contributed by atoms with Crippen molar-refractivity contribution in [2.75, 3.05) is 19.6 Å². The summed E-state index contributed by atoms with van der Waals surface area (Å²) >= 11 is 0. The highest BCUT2D eigenvalue weighted by molar-refractivity contribution is 5.78. The van der Waals surface area contributed by atoms with E-state index in [1.54, 1.807) is 0 Å². The summed E-state index contributed by atoms with van der Waals surface area (Å²) in [5, 5.41) is 3.00. The number of halogens is 2. The number of nitrogens with one attached hydrogen (secondary N) is 1. The van der Waals surface area contributed by atoms with E-state index < -0.39 is 11.6 Å². The van der Waals surface area contributed by atoms with Gasteiger partial charge in [-0.25, -0.2) is 13.8 Å². The fraction of sp³-hybridized carbons (Fsp3) is 0.444. The first-order valence-corrected chi connectivity index (χ1v) is 8.54. The summed E-state index contributed by atoms with van der Waals surface area (Å²) < 4.78 is 28.2. The van der Waals surface area contributed by atoms with Crippen LogP contribution < -0.4 is 5.32 Å². The van der Waals surface area contributed by atoms with Crippen molar-refractivity contribution in [3.05, 3.63) is 53.1 Å². The Kier molecular flexibility index (Phi) is 5.43. The molecule has 0 aliphatic carbocycles. The molecule has 0 bridgehead atoms. The predicted octanol–water partition coefficient (Wildman–Crippen LogP) is 1.90. The maximum absolute atomic E-state index is 13.2. The molecule has 5 nitrogen and oxygen atoms in total. The Labute approximate surface area is 145 Å². The second-order valence-electron chi connectivity index (χ2n) is 6.18. The van der Waals surface area contributed by atoms with Gasteiger partial charge in [-0.05, 0) is 24.1 Å². The Balaban J connectivity index is 1.48. The monoisotopic (exact) mass is 348 g/mol. The third-order valence-corrected chi connectivity index (χ3v) is 4.43. The summed E-state index contributed by atoms with van der Waals surface area (Å²) in [6, 6.07) is 3.74. The van der Waals surface area contributed by atoms with E-state index in [1.165, 1.54) is 6.07 Å². The molecule has 0 radical (unpaired) electrons. The zero-order chi connectivity index (χ0) is 17.8. The molecule has 1 N–H and O–H groups in total. The van der Waals surface area contributed by atoms with Gasteiger partial charge in [0.15, 0.2) is 11.6 Å². The summed E-state index contributed by atoms with van der Waals surface area (Å²) in [5.74, 6) is -0.710. The van der Waals surface area contributed by atoms with Gasteiger partial charge in [0, 0.05) is 38.8 Å². The van der Waals surface area contributed by atoms with E-state index in [0.717, 1.165) is 43.0 Å². The maximum Gasteiger partial charge on any atom is 0.236 e. The Hall–Kier alpha value is -2.28. The van der Waals surface area contributed by atoms with E-state index in [-0.39, 0.29) is 12.5 Å². The fourth-order valence-electron chi connectivity index (χ4n) is 2.98. The zero-order valence-corrected chi connectivity index (χ0v) is 14.3. The van der Waals surface area contributed by atoms with E-state index in [0.29, 0.717) is 25.2 Å². The highest BCUT2D eigenvalue weighted by Gasteiger charge is 2.19. The maximum atomic E-state index is 13.2. The topological polar surface area (TPSA) is 50.2 Å². The van der Waals surface area contributed by atoms with Gasteiger partial charge in [-0.1, -0.05) is 13.0 Å². The van der Waals surface area contributed by atoms with Crippen molar-refractivity contribution in [2.24, 2.45) is 0 Å². The lowest BCUT2D eigenvalue weighted by molar-refractivity contribution is -0.130. The minimum atomic E-state index is -0.876. The molecule has 2 aromatic rings. The van der Waals surface area contributed by atoms with Crippen LogP contribution in [0.2, 0.25) is 0 Å². The normalized spacial score (nSPS) is 14.3. The van der Waals surface area contributed by atoms with Gasteiger partial charge in [0.25, 0.3) is 0 Å². The van der Waals surface area contributed by atoms with Crippen molar-refractivity contribution < 1.29 is 13.6 Å². The molecule has 1 amide bonds. The smallest absolute Gasteiger partial charge is 0.236 e. The average Bonchev–Trinajstić information content (AvgIpc) is 2.90. The zero-order valence-electron chi connectivity index (χ0n) is 14.3. The van der Waals surface area contributed by atoms with Gasteiger partial charge >= 0.3 is 0 Å². The molecule has 0 saturated carbocycles. The minimum Gasteiger partial charge on any atom is -0.339 e. The number of benzene rings is 1. The highest BCUT2D eigenvalue weighted by atomic mass is 19.2. The molecule has 1 aromatic heterocycles. The van der Waals surface area contributed by atoms with Gasteiger partial charge < -0.3 is 14.8 Å². The van der Waals surface area contributed by atoms with Crippen LogP contribution in [0.1, 0.15) is 24.0 Å². The molecule has 25 heavy (non-hydrogen) atoms. The van der Waals surface area contributed by atoms with Crippen LogP contribution in [0.3, 0.4) is 0 Å². The lowest BCUT2D eigenvalue weighted by Gasteiger charge is -2.20. The molecule has 0 unspecified atom stereocenters. The number of carbonyl (C=O) groups excluding carboxylic acids is 1. The van der Waals surface area contributed by atoms with Crippen molar-refractivity contribution in [2.45, 2.75) is 32.9 Å². The van der Waals surface area contributed by atoms with E-state index in [9.17, 15) is 13.6 Å². The Bertz CT molecular complexity index is 734. The Morgan fingerprint density at radius 1 is 1.24 bits per heavy atom. The summed E-state index contributed by atoms with van der Waals surface area (Å²) in [4.78, 5) is 18.8. The van der Waals surface area contributed by atoms with Gasteiger partial charge in [0.1, 0.15) is 5.82 Å². The third kappa shape index (κ3) is 4.22. The van der Waals surface area contributed by atoms with Gasteiger partial charge in [-0.3, -0.25) is 4.79 Å².